The molecule has 1 aliphatic heterocycles. The number of aryl methyl sites for hydroxylation is 1. The number of benzene rings is 2. The van der Waals surface area contributed by atoms with Crippen LogP contribution in [0.4, 0.5) is 5.69 Å². The summed E-state index contributed by atoms with van der Waals surface area (Å²) in [6, 6.07) is 14.2. The van der Waals surface area contributed by atoms with Crippen molar-refractivity contribution in [1.82, 2.24) is 5.32 Å². The Morgan fingerprint density at radius 3 is 2.75 bits per heavy atom. The normalized spacial score (nSPS) is 16.9. The van der Waals surface area contributed by atoms with Crippen LogP contribution in [0.3, 0.4) is 0 Å². The maximum atomic E-state index is 11.8. The number of rotatable bonds is 3. The maximum Gasteiger partial charge on any atom is 0.246 e. The minimum Gasteiger partial charge on any atom is -0.324 e. The molecule has 3 rings (SSSR count). The maximum absolute atomic E-state index is 11.8. The topological polar surface area (TPSA) is 41.1 Å². The van der Waals surface area contributed by atoms with Gasteiger partial charge in [-0.3, -0.25) is 4.79 Å². The Morgan fingerprint density at radius 2 is 2.00 bits per heavy atom. The Morgan fingerprint density at radius 1 is 1.20 bits per heavy atom. The van der Waals surface area contributed by atoms with E-state index in [9.17, 15) is 4.79 Å². The molecular weight excluding hydrogens is 268 g/mol. The third-order valence-electron chi connectivity index (χ3n) is 3.47. The van der Waals surface area contributed by atoms with Crippen molar-refractivity contribution in [1.29, 1.82) is 0 Å². The lowest BCUT2D eigenvalue weighted by molar-refractivity contribution is -0.117. The van der Waals surface area contributed by atoms with Crippen molar-refractivity contribution in [3.8, 4) is 0 Å². The first-order valence-electron chi connectivity index (χ1n) is 6.54. The van der Waals surface area contributed by atoms with E-state index in [0.717, 1.165) is 16.1 Å². The van der Waals surface area contributed by atoms with E-state index < -0.39 is 0 Å². The van der Waals surface area contributed by atoms with Crippen LogP contribution >= 0.6 is 11.8 Å². The summed E-state index contributed by atoms with van der Waals surface area (Å²) in [6.45, 7) is 2.11. The quantitative estimate of drug-likeness (QED) is 0.908. The summed E-state index contributed by atoms with van der Waals surface area (Å²) >= 11 is 1.72. The average molecular weight is 284 g/mol. The molecule has 0 radical (unpaired) electrons. The van der Waals surface area contributed by atoms with Gasteiger partial charge < -0.3 is 10.6 Å². The largest absolute Gasteiger partial charge is 0.324 e. The Labute approximate surface area is 122 Å². The summed E-state index contributed by atoms with van der Waals surface area (Å²) < 4.78 is 0. The molecule has 0 aromatic heterocycles. The van der Waals surface area contributed by atoms with Crippen molar-refractivity contribution in [2.24, 2.45) is 0 Å². The van der Waals surface area contributed by atoms with Gasteiger partial charge in [0.1, 0.15) is 6.04 Å². The van der Waals surface area contributed by atoms with E-state index in [4.69, 9.17) is 0 Å². The summed E-state index contributed by atoms with van der Waals surface area (Å²) in [5.74, 6) is 0.0144. The second-order valence-corrected chi connectivity index (χ2v) is 5.94. The van der Waals surface area contributed by atoms with Crippen molar-refractivity contribution >= 4 is 23.4 Å². The lowest BCUT2D eigenvalue weighted by atomic mass is 10.1. The molecule has 1 aliphatic rings. The van der Waals surface area contributed by atoms with E-state index >= 15 is 0 Å². The summed E-state index contributed by atoms with van der Waals surface area (Å²) in [6.07, 6.45) is 0. The van der Waals surface area contributed by atoms with Gasteiger partial charge in [0.2, 0.25) is 5.91 Å². The Kier molecular flexibility index (Phi) is 3.51. The van der Waals surface area contributed by atoms with Gasteiger partial charge in [-0.2, -0.15) is 0 Å². The van der Waals surface area contributed by atoms with Crippen molar-refractivity contribution in [2.45, 2.75) is 22.8 Å². The van der Waals surface area contributed by atoms with Crippen LogP contribution in [0, 0.1) is 6.92 Å². The average Bonchev–Trinajstić information content (AvgIpc) is 2.76. The van der Waals surface area contributed by atoms with Gasteiger partial charge in [-0.25, -0.2) is 0 Å². The molecule has 20 heavy (non-hydrogen) atoms. The molecule has 4 heteroatoms. The predicted octanol–water partition coefficient (Wildman–Crippen LogP) is 3.36. The molecule has 102 valence electrons. The second kappa shape index (κ2) is 5.31. The number of likely N-dealkylation sites (N-methyl/N-ethyl adjacent to an activating group) is 1. The zero-order valence-corrected chi connectivity index (χ0v) is 12.3. The number of nitrogens with one attached hydrogen (secondary N) is 2. The van der Waals surface area contributed by atoms with Crippen molar-refractivity contribution in [3.05, 3.63) is 53.6 Å². The van der Waals surface area contributed by atoms with Gasteiger partial charge in [-0.1, -0.05) is 36.0 Å². The number of carbonyl (C=O) groups is 1. The summed E-state index contributed by atoms with van der Waals surface area (Å²) in [5.41, 5.74) is 3.19. The minimum absolute atomic E-state index is 0.0144. The van der Waals surface area contributed by atoms with Crippen LogP contribution in [0.15, 0.2) is 52.3 Å². The first-order chi connectivity index (χ1) is 9.69. The Bertz CT molecular complexity index is 669. The Hall–Kier alpha value is -1.78. The summed E-state index contributed by atoms with van der Waals surface area (Å²) in [7, 11) is 1.80. The van der Waals surface area contributed by atoms with E-state index in [2.05, 4.69) is 35.8 Å². The smallest absolute Gasteiger partial charge is 0.246 e. The molecule has 0 saturated heterocycles. The molecule has 0 spiro atoms. The highest BCUT2D eigenvalue weighted by Crippen LogP contribution is 2.37. The summed E-state index contributed by atoms with van der Waals surface area (Å²) in [4.78, 5) is 14.2. The lowest BCUT2D eigenvalue weighted by Crippen LogP contribution is -2.23. The molecule has 2 N–H and O–H groups in total. The van der Waals surface area contributed by atoms with Crippen LogP contribution < -0.4 is 10.6 Å². The minimum atomic E-state index is -0.234. The van der Waals surface area contributed by atoms with Gasteiger partial charge in [-0.05, 0) is 37.7 Å². The van der Waals surface area contributed by atoms with Crippen LogP contribution in [-0.2, 0) is 4.79 Å². The molecule has 3 nitrogen and oxygen atoms in total. The zero-order valence-electron chi connectivity index (χ0n) is 11.4. The van der Waals surface area contributed by atoms with E-state index in [1.807, 2.05) is 24.3 Å². The van der Waals surface area contributed by atoms with Gasteiger partial charge >= 0.3 is 0 Å². The fourth-order valence-electron chi connectivity index (χ4n) is 2.39. The highest BCUT2D eigenvalue weighted by molar-refractivity contribution is 7.99. The van der Waals surface area contributed by atoms with Crippen LogP contribution in [0.25, 0.3) is 0 Å². The molecule has 1 atom stereocenters. The molecule has 1 amide bonds. The van der Waals surface area contributed by atoms with Crippen LogP contribution in [0.1, 0.15) is 17.2 Å². The van der Waals surface area contributed by atoms with E-state index in [-0.39, 0.29) is 11.9 Å². The fraction of sp³-hybridized carbons (Fsp3) is 0.188. The number of carbonyl (C=O) groups excluding carboxylic acids is 1. The highest BCUT2D eigenvalue weighted by atomic mass is 32.2. The molecule has 2 aromatic carbocycles. The SMILES string of the molecule is CNC1C(=O)Nc2cc(Sc3ccccc3C)ccc21. The number of amides is 1. The van der Waals surface area contributed by atoms with Gasteiger partial charge in [0.15, 0.2) is 0 Å². The molecular formula is C16H16N2OS. The van der Waals surface area contributed by atoms with Gasteiger partial charge in [0.25, 0.3) is 0 Å². The second-order valence-electron chi connectivity index (χ2n) is 4.83. The molecule has 1 unspecified atom stereocenters. The van der Waals surface area contributed by atoms with Gasteiger partial charge in [0, 0.05) is 21.0 Å². The van der Waals surface area contributed by atoms with Crippen LogP contribution in [-0.4, -0.2) is 13.0 Å². The number of hydrogen-bond acceptors (Lipinski definition) is 3. The number of hydrogen-bond donors (Lipinski definition) is 2. The molecule has 2 aromatic rings. The molecule has 0 aliphatic carbocycles. The zero-order chi connectivity index (χ0) is 14.1. The first-order valence-corrected chi connectivity index (χ1v) is 7.36. The predicted molar refractivity (Wildman–Crippen MR) is 82.2 cm³/mol. The first kappa shape index (κ1) is 13.2. The molecule has 0 bridgehead atoms. The summed E-state index contributed by atoms with van der Waals surface area (Å²) in [5, 5.41) is 5.95. The Balaban J connectivity index is 1.90. The van der Waals surface area contributed by atoms with Crippen LogP contribution in [0.2, 0.25) is 0 Å². The van der Waals surface area contributed by atoms with Crippen molar-refractivity contribution in [2.75, 3.05) is 12.4 Å². The van der Waals surface area contributed by atoms with Crippen LogP contribution in [0.5, 0.6) is 0 Å². The van der Waals surface area contributed by atoms with E-state index in [0.29, 0.717) is 0 Å². The standard InChI is InChI=1S/C16H16N2OS/c1-10-5-3-4-6-14(10)20-11-7-8-12-13(9-11)18-16(19)15(12)17-2/h3-9,15,17H,1-2H3,(H,18,19). The van der Waals surface area contributed by atoms with Crippen molar-refractivity contribution in [3.63, 3.8) is 0 Å². The lowest BCUT2D eigenvalue weighted by Gasteiger charge is -2.08. The highest BCUT2D eigenvalue weighted by Gasteiger charge is 2.29. The van der Waals surface area contributed by atoms with Gasteiger partial charge in [-0.15, -0.1) is 0 Å². The molecule has 0 fully saturated rings. The van der Waals surface area contributed by atoms with Crippen molar-refractivity contribution < 1.29 is 4.79 Å². The number of anilines is 1. The molecule has 0 saturated carbocycles. The van der Waals surface area contributed by atoms with E-state index in [1.165, 1.54) is 10.5 Å². The molecule has 1 heterocycles. The monoisotopic (exact) mass is 284 g/mol. The third-order valence-corrected chi connectivity index (χ3v) is 4.63. The van der Waals surface area contributed by atoms with Gasteiger partial charge in [0.05, 0.1) is 0 Å². The number of fused-ring (bicyclic) bond motifs is 1. The fourth-order valence-corrected chi connectivity index (χ4v) is 3.33. The van der Waals surface area contributed by atoms with E-state index in [1.54, 1.807) is 18.8 Å². The third kappa shape index (κ3) is 2.32.